The lowest BCUT2D eigenvalue weighted by Crippen LogP contribution is -2.25. The van der Waals surface area contributed by atoms with E-state index < -0.39 is 10.0 Å². The highest BCUT2D eigenvalue weighted by atomic mass is 32.2. The quantitative estimate of drug-likeness (QED) is 0.893. The minimum atomic E-state index is -3.17. The van der Waals surface area contributed by atoms with Crippen molar-refractivity contribution in [1.82, 2.24) is 0 Å². The number of carbonyl (C=O) groups excluding carboxylic acids is 1. The first-order valence-corrected chi connectivity index (χ1v) is 10.0. The number of sulfonamides is 1. The molecule has 0 aliphatic carbocycles. The van der Waals surface area contributed by atoms with Gasteiger partial charge in [-0.05, 0) is 49.6 Å². The highest BCUT2D eigenvalue weighted by Crippen LogP contribution is 2.25. The normalized spacial score (nSPS) is 16.0. The third kappa shape index (κ3) is 4.39. The summed E-state index contributed by atoms with van der Waals surface area (Å²) in [6, 6.07) is 15.1. The maximum atomic E-state index is 12.1. The SMILES string of the molecule is Cc1cccc(CCC(=O)Nc2ccc(N3CCCS3(=O)=O)cc2)c1. The molecule has 2 aromatic carbocycles. The van der Waals surface area contributed by atoms with Gasteiger partial charge in [0.2, 0.25) is 15.9 Å². The molecule has 25 heavy (non-hydrogen) atoms. The summed E-state index contributed by atoms with van der Waals surface area (Å²) in [5.41, 5.74) is 3.65. The molecule has 0 atom stereocenters. The van der Waals surface area contributed by atoms with Gasteiger partial charge in [0, 0.05) is 18.7 Å². The lowest BCUT2D eigenvalue weighted by atomic mass is 10.1. The van der Waals surface area contributed by atoms with Crippen LogP contribution in [0.3, 0.4) is 0 Å². The second-order valence-corrected chi connectivity index (χ2v) is 8.34. The van der Waals surface area contributed by atoms with Gasteiger partial charge in [0.1, 0.15) is 0 Å². The Balaban J connectivity index is 1.57. The third-order valence-electron chi connectivity index (χ3n) is 4.26. The lowest BCUT2D eigenvalue weighted by molar-refractivity contribution is -0.116. The van der Waals surface area contributed by atoms with Crippen LogP contribution in [0.2, 0.25) is 0 Å². The number of benzene rings is 2. The van der Waals surface area contributed by atoms with Crippen molar-refractivity contribution < 1.29 is 13.2 Å². The van der Waals surface area contributed by atoms with Crippen LogP contribution in [0.15, 0.2) is 48.5 Å². The highest BCUT2D eigenvalue weighted by molar-refractivity contribution is 7.93. The Hall–Kier alpha value is -2.34. The van der Waals surface area contributed by atoms with E-state index in [1.54, 1.807) is 24.3 Å². The maximum Gasteiger partial charge on any atom is 0.235 e. The molecule has 0 saturated carbocycles. The first-order valence-electron chi connectivity index (χ1n) is 8.40. The molecule has 1 saturated heterocycles. The Kier molecular flexibility index (Phi) is 5.08. The van der Waals surface area contributed by atoms with E-state index in [1.807, 2.05) is 25.1 Å². The molecule has 0 unspecified atom stereocenters. The predicted molar refractivity (Wildman–Crippen MR) is 100 cm³/mol. The molecule has 3 rings (SSSR count). The van der Waals surface area contributed by atoms with Gasteiger partial charge in [0.15, 0.2) is 0 Å². The second kappa shape index (κ2) is 7.27. The summed E-state index contributed by atoms with van der Waals surface area (Å²) in [4.78, 5) is 12.1. The summed E-state index contributed by atoms with van der Waals surface area (Å²) < 4.78 is 25.3. The molecule has 0 spiro atoms. The molecule has 0 bridgehead atoms. The predicted octanol–water partition coefficient (Wildman–Crippen LogP) is 3.11. The van der Waals surface area contributed by atoms with Crippen LogP contribution in [0.25, 0.3) is 0 Å². The summed E-state index contributed by atoms with van der Waals surface area (Å²) in [6.07, 6.45) is 1.75. The van der Waals surface area contributed by atoms with Crippen molar-refractivity contribution in [2.75, 3.05) is 21.9 Å². The van der Waals surface area contributed by atoms with Crippen LogP contribution in [0.4, 0.5) is 11.4 Å². The first-order chi connectivity index (χ1) is 11.9. The molecule has 1 amide bonds. The van der Waals surface area contributed by atoms with Gasteiger partial charge in [0.05, 0.1) is 11.4 Å². The zero-order valence-corrected chi connectivity index (χ0v) is 15.1. The molecule has 0 radical (unpaired) electrons. The topological polar surface area (TPSA) is 66.5 Å². The molecule has 1 heterocycles. The Morgan fingerprint density at radius 2 is 1.92 bits per heavy atom. The fourth-order valence-corrected chi connectivity index (χ4v) is 4.55. The smallest absolute Gasteiger partial charge is 0.235 e. The van der Waals surface area contributed by atoms with Crippen LogP contribution >= 0.6 is 0 Å². The first kappa shape index (κ1) is 17.5. The van der Waals surface area contributed by atoms with Crippen molar-refractivity contribution in [1.29, 1.82) is 0 Å². The monoisotopic (exact) mass is 358 g/mol. The van der Waals surface area contributed by atoms with Crippen molar-refractivity contribution in [2.45, 2.75) is 26.2 Å². The fourth-order valence-electron chi connectivity index (χ4n) is 2.99. The molecule has 132 valence electrons. The van der Waals surface area contributed by atoms with Gasteiger partial charge in [0.25, 0.3) is 0 Å². The van der Waals surface area contributed by atoms with Gasteiger partial charge < -0.3 is 5.32 Å². The number of amides is 1. The van der Waals surface area contributed by atoms with Gasteiger partial charge in [-0.2, -0.15) is 0 Å². The van der Waals surface area contributed by atoms with Crippen LogP contribution in [0.5, 0.6) is 0 Å². The van der Waals surface area contributed by atoms with E-state index in [0.717, 1.165) is 5.56 Å². The lowest BCUT2D eigenvalue weighted by Gasteiger charge is -2.17. The number of carbonyl (C=O) groups is 1. The summed E-state index contributed by atoms with van der Waals surface area (Å²) in [5, 5.41) is 2.86. The number of hydrogen-bond donors (Lipinski definition) is 1. The minimum absolute atomic E-state index is 0.0527. The minimum Gasteiger partial charge on any atom is -0.326 e. The summed E-state index contributed by atoms with van der Waals surface area (Å²) in [5.74, 6) is 0.146. The Morgan fingerprint density at radius 1 is 1.16 bits per heavy atom. The molecule has 2 aromatic rings. The summed E-state index contributed by atoms with van der Waals surface area (Å²) in [7, 11) is -3.17. The number of rotatable bonds is 5. The fraction of sp³-hybridized carbons (Fsp3) is 0.316. The molecule has 5 nitrogen and oxygen atoms in total. The average molecular weight is 358 g/mol. The summed E-state index contributed by atoms with van der Waals surface area (Å²) in [6.45, 7) is 2.55. The molecular weight excluding hydrogens is 336 g/mol. The van der Waals surface area contributed by atoms with Crippen molar-refractivity contribution in [3.63, 3.8) is 0 Å². The third-order valence-corrected chi connectivity index (χ3v) is 6.13. The van der Waals surface area contributed by atoms with E-state index >= 15 is 0 Å². The van der Waals surface area contributed by atoms with Crippen LogP contribution in [-0.2, 0) is 21.2 Å². The van der Waals surface area contributed by atoms with Crippen LogP contribution in [0, 0.1) is 6.92 Å². The van der Waals surface area contributed by atoms with Gasteiger partial charge in [-0.3, -0.25) is 9.10 Å². The zero-order valence-electron chi connectivity index (χ0n) is 14.2. The van der Waals surface area contributed by atoms with Crippen LogP contribution in [0.1, 0.15) is 24.0 Å². The Morgan fingerprint density at radius 3 is 2.56 bits per heavy atom. The van der Waals surface area contributed by atoms with Crippen LogP contribution < -0.4 is 9.62 Å². The van der Waals surface area contributed by atoms with E-state index in [4.69, 9.17) is 0 Å². The summed E-state index contributed by atoms with van der Waals surface area (Å²) >= 11 is 0. The molecule has 0 aromatic heterocycles. The molecule has 6 heteroatoms. The molecule has 1 aliphatic rings. The van der Waals surface area contributed by atoms with E-state index in [0.29, 0.717) is 37.2 Å². The standard InChI is InChI=1S/C19H22N2O3S/c1-15-4-2-5-16(14-15)6-11-19(22)20-17-7-9-18(10-8-17)21-12-3-13-25(21,23)24/h2,4-5,7-10,14H,3,6,11-13H2,1H3,(H,20,22). The van der Waals surface area contributed by atoms with Gasteiger partial charge in [-0.1, -0.05) is 29.8 Å². The number of nitrogens with one attached hydrogen (secondary N) is 1. The Bertz CT molecular complexity index is 860. The largest absolute Gasteiger partial charge is 0.326 e. The van der Waals surface area contributed by atoms with Gasteiger partial charge in [-0.15, -0.1) is 0 Å². The number of hydrogen-bond acceptors (Lipinski definition) is 3. The van der Waals surface area contributed by atoms with Crippen molar-refractivity contribution >= 4 is 27.3 Å². The molecule has 1 fully saturated rings. The van der Waals surface area contributed by atoms with Crippen molar-refractivity contribution in [2.24, 2.45) is 0 Å². The van der Waals surface area contributed by atoms with E-state index in [1.165, 1.54) is 9.87 Å². The molecular formula is C19H22N2O3S. The number of aryl methyl sites for hydroxylation is 2. The van der Waals surface area contributed by atoms with E-state index in [2.05, 4.69) is 11.4 Å². The number of anilines is 2. The van der Waals surface area contributed by atoms with E-state index in [9.17, 15) is 13.2 Å². The molecule has 1 aliphatic heterocycles. The maximum absolute atomic E-state index is 12.1. The molecule has 1 N–H and O–H groups in total. The van der Waals surface area contributed by atoms with Gasteiger partial charge >= 0.3 is 0 Å². The zero-order chi connectivity index (χ0) is 17.9. The highest BCUT2D eigenvalue weighted by Gasteiger charge is 2.28. The Labute approximate surface area is 148 Å². The second-order valence-electron chi connectivity index (χ2n) is 6.33. The average Bonchev–Trinajstić information content (AvgIpc) is 2.93. The van der Waals surface area contributed by atoms with Gasteiger partial charge in [-0.25, -0.2) is 8.42 Å². The van der Waals surface area contributed by atoms with Crippen molar-refractivity contribution in [3.05, 3.63) is 59.7 Å². The van der Waals surface area contributed by atoms with Crippen molar-refractivity contribution in [3.8, 4) is 0 Å². The van der Waals surface area contributed by atoms with E-state index in [-0.39, 0.29) is 11.7 Å². The number of nitrogens with zero attached hydrogens (tertiary/aromatic N) is 1. The van der Waals surface area contributed by atoms with Crippen LogP contribution in [-0.4, -0.2) is 26.6 Å².